The molecule has 1 aromatic heterocycles. The molecule has 0 saturated heterocycles. The number of nitrogens with zero attached hydrogens (tertiary/aromatic N) is 1. The molecule has 0 aliphatic heterocycles. The zero-order valence-corrected chi connectivity index (χ0v) is 13.1. The third kappa shape index (κ3) is 3.06. The number of benzene rings is 1. The van der Waals surface area contributed by atoms with Crippen LogP contribution in [0.25, 0.3) is 10.2 Å². The van der Waals surface area contributed by atoms with Crippen molar-refractivity contribution in [3.63, 3.8) is 0 Å². The highest BCUT2D eigenvalue weighted by Gasteiger charge is 2.25. The predicted octanol–water partition coefficient (Wildman–Crippen LogP) is 4.80. The lowest BCUT2D eigenvalue weighted by Crippen LogP contribution is -2.21. The van der Waals surface area contributed by atoms with Gasteiger partial charge in [-0.1, -0.05) is 25.6 Å². The molecule has 4 heteroatoms. The first-order chi connectivity index (χ1) is 9.10. The van der Waals surface area contributed by atoms with Crippen molar-refractivity contribution in [2.24, 2.45) is 11.8 Å². The molecule has 2 atom stereocenters. The number of rotatable bonds is 2. The minimum Gasteiger partial charge on any atom is -0.399 e. The van der Waals surface area contributed by atoms with Crippen molar-refractivity contribution in [2.45, 2.75) is 42.7 Å². The molecule has 1 fully saturated rings. The zero-order valence-electron chi connectivity index (χ0n) is 11.4. The van der Waals surface area contributed by atoms with Gasteiger partial charge in [-0.15, -0.1) is 11.3 Å². The van der Waals surface area contributed by atoms with E-state index in [1.807, 2.05) is 30.0 Å². The second-order valence-corrected chi connectivity index (χ2v) is 8.44. The molecule has 2 unspecified atom stereocenters. The zero-order chi connectivity index (χ0) is 13.4. The Balaban J connectivity index is 1.77. The molecule has 2 aromatic rings. The van der Waals surface area contributed by atoms with E-state index in [9.17, 15) is 0 Å². The maximum atomic E-state index is 5.83. The number of anilines is 1. The molecular formula is C15H20N2S2. The molecule has 1 aliphatic carbocycles. The first-order valence-corrected chi connectivity index (χ1v) is 8.62. The lowest BCUT2D eigenvalue weighted by Gasteiger charge is -2.30. The summed E-state index contributed by atoms with van der Waals surface area (Å²) in [5.74, 6) is 1.71. The molecule has 0 bridgehead atoms. The number of thioether (sulfide) groups is 1. The maximum absolute atomic E-state index is 5.83. The third-order valence-electron chi connectivity index (χ3n) is 3.80. The second kappa shape index (κ2) is 5.33. The van der Waals surface area contributed by atoms with Crippen molar-refractivity contribution in [1.29, 1.82) is 0 Å². The van der Waals surface area contributed by atoms with Crippen LogP contribution in [-0.4, -0.2) is 10.2 Å². The van der Waals surface area contributed by atoms with Crippen molar-refractivity contribution in [2.75, 3.05) is 5.73 Å². The predicted molar refractivity (Wildman–Crippen MR) is 85.9 cm³/mol. The summed E-state index contributed by atoms with van der Waals surface area (Å²) in [6.07, 6.45) is 4.04. The average molecular weight is 292 g/mol. The minimum atomic E-state index is 0.733. The van der Waals surface area contributed by atoms with Gasteiger partial charge in [-0.3, -0.25) is 0 Å². The Hall–Kier alpha value is -0.740. The number of hydrogen-bond acceptors (Lipinski definition) is 4. The molecule has 1 saturated carbocycles. The number of aromatic nitrogens is 1. The molecule has 2 nitrogen and oxygen atoms in total. The molecule has 0 amide bonds. The summed E-state index contributed by atoms with van der Waals surface area (Å²) in [6, 6.07) is 5.99. The van der Waals surface area contributed by atoms with Crippen LogP contribution in [0, 0.1) is 11.8 Å². The molecule has 0 spiro atoms. The average Bonchev–Trinajstić information content (AvgIpc) is 2.68. The first kappa shape index (κ1) is 13.3. The summed E-state index contributed by atoms with van der Waals surface area (Å²) >= 11 is 3.75. The molecule has 3 rings (SSSR count). The number of nitrogens with two attached hydrogens (primary N) is 1. The van der Waals surface area contributed by atoms with E-state index in [0.29, 0.717) is 0 Å². The first-order valence-electron chi connectivity index (χ1n) is 6.93. The highest BCUT2D eigenvalue weighted by Crippen LogP contribution is 2.41. The van der Waals surface area contributed by atoms with Crippen LogP contribution in [0.5, 0.6) is 0 Å². The maximum Gasteiger partial charge on any atom is 0.151 e. The number of nitrogen functional groups attached to an aromatic ring is 1. The summed E-state index contributed by atoms with van der Waals surface area (Å²) in [5.41, 5.74) is 7.73. The van der Waals surface area contributed by atoms with Crippen LogP contribution in [-0.2, 0) is 0 Å². The molecule has 1 aromatic carbocycles. The number of thiazole rings is 1. The Labute approximate surface area is 122 Å². The number of fused-ring (bicyclic) bond motifs is 1. The highest BCUT2D eigenvalue weighted by atomic mass is 32.2. The Morgan fingerprint density at radius 3 is 2.68 bits per heavy atom. The van der Waals surface area contributed by atoms with Crippen molar-refractivity contribution in [3.05, 3.63) is 18.2 Å². The van der Waals surface area contributed by atoms with Crippen LogP contribution in [0.2, 0.25) is 0 Å². The van der Waals surface area contributed by atoms with Gasteiger partial charge >= 0.3 is 0 Å². The van der Waals surface area contributed by atoms with Gasteiger partial charge in [0.1, 0.15) is 0 Å². The second-order valence-electron chi connectivity index (χ2n) is 5.86. The van der Waals surface area contributed by atoms with Crippen LogP contribution in [0.1, 0.15) is 33.1 Å². The van der Waals surface area contributed by atoms with E-state index in [1.54, 1.807) is 11.3 Å². The lowest BCUT2D eigenvalue weighted by molar-refractivity contribution is 0.309. The Bertz CT molecular complexity index is 569. The van der Waals surface area contributed by atoms with Crippen LogP contribution < -0.4 is 5.73 Å². The van der Waals surface area contributed by atoms with E-state index in [2.05, 4.69) is 13.8 Å². The van der Waals surface area contributed by atoms with Gasteiger partial charge in [-0.05, 0) is 49.3 Å². The molecule has 1 aliphatic rings. The quantitative estimate of drug-likeness (QED) is 0.808. The largest absolute Gasteiger partial charge is 0.399 e. The number of hydrogen-bond donors (Lipinski definition) is 1. The van der Waals surface area contributed by atoms with Crippen LogP contribution >= 0.6 is 23.1 Å². The molecule has 0 radical (unpaired) electrons. The van der Waals surface area contributed by atoms with Crippen LogP contribution in [0.4, 0.5) is 5.69 Å². The van der Waals surface area contributed by atoms with Crippen LogP contribution in [0.3, 0.4) is 0 Å². The summed E-state index contributed by atoms with van der Waals surface area (Å²) in [5, 5.41) is 0.733. The Morgan fingerprint density at radius 1 is 1.21 bits per heavy atom. The van der Waals surface area contributed by atoms with E-state index < -0.39 is 0 Å². The van der Waals surface area contributed by atoms with E-state index >= 15 is 0 Å². The van der Waals surface area contributed by atoms with E-state index in [4.69, 9.17) is 10.7 Å². The Morgan fingerprint density at radius 2 is 1.95 bits per heavy atom. The standard InChI is InChI=1S/C15H20N2S2/c1-9-5-10(2)7-12(6-9)18-15-17-13-4-3-11(16)8-14(13)19-15/h3-4,8-10,12H,5-7,16H2,1-2H3. The summed E-state index contributed by atoms with van der Waals surface area (Å²) in [7, 11) is 0. The fourth-order valence-electron chi connectivity index (χ4n) is 3.08. The van der Waals surface area contributed by atoms with Crippen molar-refractivity contribution in [1.82, 2.24) is 4.98 Å². The topological polar surface area (TPSA) is 38.9 Å². The fraction of sp³-hybridized carbons (Fsp3) is 0.533. The molecule has 1 heterocycles. The molecular weight excluding hydrogens is 272 g/mol. The molecule has 2 N–H and O–H groups in total. The summed E-state index contributed by atoms with van der Waals surface area (Å²) < 4.78 is 2.41. The van der Waals surface area contributed by atoms with Gasteiger partial charge in [0.25, 0.3) is 0 Å². The van der Waals surface area contributed by atoms with E-state index in [-0.39, 0.29) is 0 Å². The van der Waals surface area contributed by atoms with Gasteiger partial charge in [0.05, 0.1) is 10.2 Å². The molecule has 102 valence electrons. The lowest BCUT2D eigenvalue weighted by atomic mass is 9.83. The van der Waals surface area contributed by atoms with Gasteiger partial charge in [-0.2, -0.15) is 0 Å². The van der Waals surface area contributed by atoms with Gasteiger partial charge in [0.2, 0.25) is 0 Å². The Kier molecular flexibility index (Phi) is 3.72. The van der Waals surface area contributed by atoms with Gasteiger partial charge in [0, 0.05) is 10.9 Å². The van der Waals surface area contributed by atoms with Gasteiger partial charge < -0.3 is 5.73 Å². The fourth-order valence-corrected chi connectivity index (χ4v) is 5.98. The third-order valence-corrected chi connectivity index (χ3v) is 6.16. The summed E-state index contributed by atoms with van der Waals surface area (Å²) in [6.45, 7) is 4.75. The van der Waals surface area contributed by atoms with Crippen LogP contribution in [0.15, 0.2) is 22.5 Å². The highest BCUT2D eigenvalue weighted by molar-refractivity contribution is 8.01. The van der Waals surface area contributed by atoms with Crippen molar-refractivity contribution in [3.8, 4) is 0 Å². The smallest absolute Gasteiger partial charge is 0.151 e. The van der Waals surface area contributed by atoms with Gasteiger partial charge in [0.15, 0.2) is 4.34 Å². The SMILES string of the molecule is CC1CC(C)CC(Sc2nc3ccc(N)cc3s2)C1. The van der Waals surface area contributed by atoms with Crippen molar-refractivity contribution < 1.29 is 0 Å². The van der Waals surface area contributed by atoms with E-state index in [1.165, 1.54) is 28.3 Å². The van der Waals surface area contributed by atoms with Gasteiger partial charge in [-0.25, -0.2) is 4.98 Å². The molecule has 19 heavy (non-hydrogen) atoms. The normalized spacial score (nSPS) is 27.8. The summed E-state index contributed by atoms with van der Waals surface area (Å²) in [4.78, 5) is 4.72. The van der Waals surface area contributed by atoms with Crippen molar-refractivity contribution >= 4 is 39.0 Å². The minimum absolute atomic E-state index is 0.733. The van der Waals surface area contributed by atoms with E-state index in [0.717, 1.165) is 28.3 Å². The monoisotopic (exact) mass is 292 g/mol.